The van der Waals surface area contributed by atoms with Crippen LogP contribution in [0.1, 0.15) is 41.6 Å². The molecule has 2 fully saturated rings. The number of hydrogen-bond acceptors (Lipinski definition) is 3. The zero-order valence-corrected chi connectivity index (χ0v) is 15.7. The molecule has 1 amide bonds. The van der Waals surface area contributed by atoms with Crippen molar-refractivity contribution in [3.8, 4) is 5.75 Å². The first-order valence-corrected chi connectivity index (χ1v) is 9.99. The lowest BCUT2D eigenvalue weighted by atomic mass is 10.0. The number of carbonyl (C=O) groups excluding carboxylic acids is 1. The molecule has 2 atom stereocenters. The van der Waals surface area contributed by atoms with E-state index in [2.05, 4.69) is 24.3 Å². The van der Waals surface area contributed by atoms with Gasteiger partial charge < -0.3 is 14.4 Å². The van der Waals surface area contributed by atoms with Crippen LogP contribution in [0.3, 0.4) is 0 Å². The van der Waals surface area contributed by atoms with Gasteiger partial charge in [0.15, 0.2) is 0 Å². The Morgan fingerprint density at radius 2 is 1.96 bits per heavy atom. The number of hydrogen-bond donors (Lipinski definition) is 0. The molecule has 142 valence electrons. The number of ether oxygens (including phenoxy) is 2. The van der Waals surface area contributed by atoms with E-state index in [0.29, 0.717) is 12.2 Å². The first-order chi connectivity index (χ1) is 13.3. The highest BCUT2D eigenvalue weighted by atomic mass is 16.5. The average Bonchev–Trinajstić information content (AvgIpc) is 3.39. The Kier molecular flexibility index (Phi) is 5.73. The van der Waals surface area contributed by atoms with Crippen LogP contribution in [0, 0.1) is 0 Å². The molecule has 4 nitrogen and oxygen atoms in total. The molecule has 27 heavy (non-hydrogen) atoms. The number of benzene rings is 2. The van der Waals surface area contributed by atoms with E-state index in [1.165, 1.54) is 5.56 Å². The molecule has 2 aliphatic rings. The number of carbonyl (C=O) groups is 1. The van der Waals surface area contributed by atoms with Crippen LogP contribution in [0.15, 0.2) is 54.6 Å². The second-order valence-electron chi connectivity index (χ2n) is 7.46. The van der Waals surface area contributed by atoms with E-state index < -0.39 is 0 Å². The molecule has 2 aliphatic heterocycles. The number of rotatable bonds is 6. The number of likely N-dealkylation sites (tertiary alicyclic amines) is 1. The molecular weight excluding hydrogens is 338 g/mol. The first kappa shape index (κ1) is 18.1. The van der Waals surface area contributed by atoms with Crippen molar-refractivity contribution in [3.63, 3.8) is 0 Å². The van der Waals surface area contributed by atoms with Gasteiger partial charge in [0.05, 0.1) is 6.10 Å². The molecule has 2 aromatic carbocycles. The molecule has 2 aromatic rings. The fourth-order valence-corrected chi connectivity index (χ4v) is 4.05. The SMILES string of the molecule is O=C(c1cccc(OCC2CCCO2)c1)N1CCCC1Cc1ccccc1. The topological polar surface area (TPSA) is 38.8 Å². The lowest BCUT2D eigenvalue weighted by Gasteiger charge is -2.25. The summed E-state index contributed by atoms with van der Waals surface area (Å²) < 4.78 is 11.5. The van der Waals surface area contributed by atoms with E-state index in [4.69, 9.17) is 9.47 Å². The summed E-state index contributed by atoms with van der Waals surface area (Å²) in [5, 5.41) is 0. The predicted octanol–water partition coefficient (Wildman–Crippen LogP) is 4.09. The molecule has 2 saturated heterocycles. The molecule has 0 aromatic heterocycles. The molecule has 0 bridgehead atoms. The summed E-state index contributed by atoms with van der Waals surface area (Å²) in [6.07, 6.45) is 5.38. The largest absolute Gasteiger partial charge is 0.491 e. The van der Waals surface area contributed by atoms with Crippen LogP contribution >= 0.6 is 0 Å². The van der Waals surface area contributed by atoms with Crippen molar-refractivity contribution in [1.82, 2.24) is 4.90 Å². The Bertz CT molecular complexity index is 755. The molecule has 0 aliphatic carbocycles. The molecule has 4 heteroatoms. The predicted molar refractivity (Wildman–Crippen MR) is 105 cm³/mol. The van der Waals surface area contributed by atoms with Gasteiger partial charge >= 0.3 is 0 Å². The highest BCUT2D eigenvalue weighted by Crippen LogP contribution is 2.25. The maximum Gasteiger partial charge on any atom is 0.254 e. The lowest BCUT2D eigenvalue weighted by Crippen LogP contribution is -2.36. The standard InChI is InChI=1S/C23H27NO3/c25-23(24-13-5-10-20(24)15-18-7-2-1-3-8-18)19-9-4-11-21(16-19)27-17-22-12-6-14-26-22/h1-4,7-9,11,16,20,22H,5-6,10,12-15,17H2. The Hall–Kier alpha value is -2.33. The molecule has 0 saturated carbocycles. The van der Waals surface area contributed by atoms with E-state index in [-0.39, 0.29) is 18.1 Å². The van der Waals surface area contributed by atoms with Gasteiger partial charge in [-0.15, -0.1) is 0 Å². The minimum atomic E-state index is 0.107. The number of nitrogens with zero attached hydrogens (tertiary/aromatic N) is 1. The van der Waals surface area contributed by atoms with E-state index in [1.807, 2.05) is 35.2 Å². The van der Waals surface area contributed by atoms with Crippen molar-refractivity contribution < 1.29 is 14.3 Å². The Morgan fingerprint density at radius 1 is 1.07 bits per heavy atom. The van der Waals surface area contributed by atoms with Crippen LogP contribution in [0.2, 0.25) is 0 Å². The van der Waals surface area contributed by atoms with Gasteiger partial charge in [-0.3, -0.25) is 4.79 Å². The van der Waals surface area contributed by atoms with Crippen molar-refractivity contribution in [1.29, 1.82) is 0 Å². The molecule has 4 rings (SSSR count). The average molecular weight is 365 g/mol. The summed E-state index contributed by atoms with van der Waals surface area (Å²) in [7, 11) is 0. The minimum Gasteiger partial charge on any atom is -0.491 e. The monoisotopic (exact) mass is 365 g/mol. The summed E-state index contributed by atoms with van der Waals surface area (Å²) in [4.78, 5) is 15.1. The van der Waals surface area contributed by atoms with Gasteiger partial charge in [0.1, 0.15) is 12.4 Å². The molecule has 0 N–H and O–H groups in total. The van der Waals surface area contributed by atoms with Gasteiger partial charge in [-0.25, -0.2) is 0 Å². The van der Waals surface area contributed by atoms with Crippen molar-refractivity contribution in [2.45, 2.75) is 44.2 Å². The second kappa shape index (κ2) is 8.57. The second-order valence-corrected chi connectivity index (χ2v) is 7.46. The zero-order valence-electron chi connectivity index (χ0n) is 15.7. The summed E-state index contributed by atoms with van der Waals surface area (Å²) in [5.74, 6) is 0.853. The molecule has 0 spiro atoms. The molecule has 0 radical (unpaired) electrons. The van der Waals surface area contributed by atoms with Crippen molar-refractivity contribution in [3.05, 3.63) is 65.7 Å². The molecular formula is C23H27NO3. The smallest absolute Gasteiger partial charge is 0.254 e. The third kappa shape index (κ3) is 4.51. The van der Waals surface area contributed by atoms with Crippen LogP contribution in [-0.2, 0) is 11.2 Å². The van der Waals surface area contributed by atoms with Gasteiger partial charge in [0, 0.05) is 24.8 Å². The van der Waals surface area contributed by atoms with Gasteiger partial charge in [-0.05, 0) is 55.9 Å². The number of amides is 1. The van der Waals surface area contributed by atoms with Crippen LogP contribution in [0.5, 0.6) is 5.75 Å². The van der Waals surface area contributed by atoms with E-state index in [9.17, 15) is 4.79 Å². The zero-order chi connectivity index (χ0) is 18.5. The van der Waals surface area contributed by atoms with E-state index >= 15 is 0 Å². The van der Waals surface area contributed by atoms with E-state index in [0.717, 1.165) is 51.0 Å². The summed E-state index contributed by atoms with van der Waals surface area (Å²) in [6.45, 7) is 2.21. The highest BCUT2D eigenvalue weighted by Gasteiger charge is 2.29. The Morgan fingerprint density at radius 3 is 2.78 bits per heavy atom. The van der Waals surface area contributed by atoms with Gasteiger partial charge in [0.25, 0.3) is 5.91 Å². The summed E-state index contributed by atoms with van der Waals surface area (Å²) in [6, 6.07) is 18.3. The van der Waals surface area contributed by atoms with Crippen LogP contribution < -0.4 is 4.74 Å². The third-order valence-corrected chi connectivity index (χ3v) is 5.49. The quantitative estimate of drug-likeness (QED) is 0.774. The van der Waals surface area contributed by atoms with Crippen LogP contribution in [0.25, 0.3) is 0 Å². The van der Waals surface area contributed by atoms with Crippen molar-refractivity contribution >= 4 is 5.91 Å². The minimum absolute atomic E-state index is 0.107. The summed E-state index contributed by atoms with van der Waals surface area (Å²) >= 11 is 0. The van der Waals surface area contributed by atoms with Crippen molar-refractivity contribution in [2.75, 3.05) is 19.8 Å². The first-order valence-electron chi connectivity index (χ1n) is 9.99. The highest BCUT2D eigenvalue weighted by molar-refractivity contribution is 5.95. The Balaban J connectivity index is 1.41. The molecule has 2 heterocycles. The van der Waals surface area contributed by atoms with Gasteiger partial charge in [0.2, 0.25) is 0 Å². The van der Waals surface area contributed by atoms with Crippen LogP contribution in [0.4, 0.5) is 0 Å². The maximum atomic E-state index is 13.1. The normalized spacial score (nSPS) is 22.1. The Labute approximate surface area is 161 Å². The van der Waals surface area contributed by atoms with Gasteiger partial charge in [-0.1, -0.05) is 36.4 Å². The van der Waals surface area contributed by atoms with Crippen molar-refractivity contribution in [2.24, 2.45) is 0 Å². The summed E-state index contributed by atoms with van der Waals surface area (Å²) in [5.41, 5.74) is 2.00. The fourth-order valence-electron chi connectivity index (χ4n) is 4.05. The molecule has 2 unspecified atom stereocenters. The lowest BCUT2D eigenvalue weighted by molar-refractivity contribution is 0.0676. The third-order valence-electron chi connectivity index (χ3n) is 5.49. The van der Waals surface area contributed by atoms with E-state index in [1.54, 1.807) is 0 Å². The van der Waals surface area contributed by atoms with Crippen LogP contribution in [-0.4, -0.2) is 42.7 Å². The fraction of sp³-hybridized carbons (Fsp3) is 0.435. The maximum absolute atomic E-state index is 13.1. The van der Waals surface area contributed by atoms with Gasteiger partial charge in [-0.2, -0.15) is 0 Å².